The lowest BCUT2D eigenvalue weighted by Gasteiger charge is -1.95. The summed E-state index contributed by atoms with van der Waals surface area (Å²) >= 11 is 0. The second-order valence-electron chi connectivity index (χ2n) is 4.66. The Bertz CT molecular complexity index is 803. The van der Waals surface area contributed by atoms with E-state index in [1.54, 1.807) is 0 Å². The molecule has 0 atom stereocenters. The van der Waals surface area contributed by atoms with Gasteiger partial charge in [-0.1, -0.05) is 6.07 Å². The first-order valence-corrected chi connectivity index (χ1v) is 7.00. The second kappa shape index (κ2) is 11.3. The van der Waals surface area contributed by atoms with Gasteiger partial charge in [-0.3, -0.25) is 0 Å². The van der Waals surface area contributed by atoms with E-state index in [2.05, 4.69) is 0 Å². The van der Waals surface area contributed by atoms with Crippen molar-refractivity contribution in [2.75, 3.05) is 0 Å². The van der Waals surface area contributed by atoms with Crippen LogP contribution in [0.15, 0.2) is 48.5 Å². The van der Waals surface area contributed by atoms with Crippen molar-refractivity contribution in [3.05, 3.63) is 70.8 Å². The van der Waals surface area contributed by atoms with E-state index >= 15 is 0 Å². The van der Waals surface area contributed by atoms with Gasteiger partial charge in [-0.25, -0.2) is 24.0 Å². The van der Waals surface area contributed by atoms with Crippen LogP contribution in [-0.2, 0) is 0 Å². The normalized spacial score (nSPS) is 8.86. The largest absolute Gasteiger partial charge is 0.503 e. The Hall–Kier alpha value is -4.41. The summed E-state index contributed by atoms with van der Waals surface area (Å²) in [6, 6.07) is 10.2. The number of carboxylic acid groups (broad SMARTS) is 6. The van der Waals surface area contributed by atoms with Crippen molar-refractivity contribution in [2.45, 2.75) is 0 Å². The molecule has 0 heterocycles. The van der Waals surface area contributed by atoms with E-state index in [1.165, 1.54) is 42.5 Å². The van der Waals surface area contributed by atoms with Crippen molar-refractivity contribution in [1.29, 1.82) is 0 Å². The Morgan fingerprint density at radius 3 is 0.929 bits per heavy atom. The molecular formula is C17H14O11. The average molecular weight is 394 g/mol. The molecule has 6 N–H and O–H groups in total. The van der Waals surface area contributed by atoms with Gasteiger partial charge in [-0.15, -0.1) is 0 Å². The lowest BCUT2D eigenvalue weighted by atomic mass is 10.1. The summed E-state index contributed by atoms with van der Waals surface area (Å²) in [6.07, 6.45) is -1.83. The molecule has 0 fully saturated rings. The monoisotopic (exact) mass is 394 g/mol. The fraction of sp³-hybridized carbons (Fsp3) is 0. The fourth-order valence-electron chi connectivity index (χ4n) is 1.54. The Balaban J connectivity index is 0.000000439. The molecule has 0 aliphatic rings. The van der Waals surface area contributed by atoms with E-state index in [9.17, 15) is 19.2 Å². The van der Waals surface area contributed by atoms with Crippen LogP contribution >= 0.6 is 0 Å². The van der Waals surface area contributed by atoms with Gasteiger partial charge in [-0.05, 0) is 42.5 Å². The van der Waals surface area contributed by atoms with Crippen LogP contribution < -0.4 is 0 Å². The van der Waals surface area contributed by atoms with Gasteiger partial charge in [0, 0.05) is 0 Å². The third kappa shape index (κ3) is 9.17. The first-order valence-electron chi connectivity index (χ1n) is 7.00. The summed E-state index contributed by atoms with van der Waals surface area (Å²) in [5.74, 6) is -4.38. The average Bonchev–Trinajstić information content (AvgIpc) is 2.62. The number of aromatic carboxylic acids is 4. The van der Waals surface area contributed by atoms with Gasteiger partial charge in [0.25, 0.3) is 0 Å². The molecule has 0 bridgehead atoms. The zero-order chi connectivity index (χ0) is 21.9. The van der Waals surface area contributed by atoms with E-state index < -0.39 is 30.0 Å². The summed E-state index contributed by atoms with van der Waals surface area (Å²) in [6.45, 7) is 0. The van der Waals surface area contributed by atoms with Crippen molar-refractivity contribution in [2.24, 2.45) is 0 Å². The SMILES string of the molecule is O=C(O)O.O=C(O)c1ccc(C(=O)O)cc1.O=C(O)c1cccc(C(=O)O)c1. The van der Waals surface area contributed by atoms with Crippen LogP contribution in [0, 0.1) is 0 Å². The molecule has 11 heteroatoms. The van der Waals surface area contributed by atoms with Crippen LogP contribution in [0.25, 0.3) is 0 Å². The topological polar surface area (TPSA) is 207 Å². The van der Waals surface area contributed by atoms with Crippen molar-refractivity contribution < 1.29 is 54.6 Å². The third-order valence-corrected chi connectivity index (χ3v) is 2.74. The van der Waals surface area contributed by atoms with Gasteiger partial charge < -0.3 is 30.6 Å². The molecular weight excluding hydrogens is 380 g/mol. The first-order chi connectivity index (χ1) is 13.0. The molecule has 0 aromatic heterocycles. The van der Waals surface area contributed by atoms with E-state index in [0.29, 0.717) is 0 Å². The summed E-state index contributed by atoms with van der Waals surface area (Å²) in [7, 11) is 0. The van der Waals surface area contributed by atoms with E-state index in [4.69, 9.17) is 35.4 Å². The van der Waals surface area contributed by atoms with Gasteiger partial charge in [0.1, 0.15) is 0 Å². The van der Waals surface area contributed by atoms with Crippen molar-refractivity contribution >= 4 is 30.0 Å². The van der Waals surface area contributed by atoms with E-state index in [1.807, 2.05) is 0 Å². The minimum absolute atomic E-state index is 0.0186. The number of rotatable bonds is 4. The van der Waals surface area contributed by atoms with Gasteiger partial charge in [-0.2, -0.15) is 0 Å². The van der Waals surface area contributed by atoms with Gasteiger partial charge in [0.2, 0.25) is 0 Å². The van der Waals surface area contributed by atoms with E-state index in [0.717, 1.165) is 6.07 Å². The first kappa shape index (κ1) is 23.6. The molecule has 0 unspecified atom stereocenters. The highest BCUT2D eigenvalue weighted by Gasteiger charge is 2.07. The van der Waals surface area contributed by atoms with Crippen LogP contribution in [0.2, 0.25) is 0 Å². The predicted octanol–water partition coefficient (Wildman–Crippen LogP) is 2.39. The van der Waals surface area contributed by atoms with Crippen LogP contribution in [0.3, 0.4) is 0 Å². The lowest BCUT2D eigenvalue weighted by Crippen LogP contribution is -2.01. The van der Waals surface area contributed by atoms with Crippen molar-refractivity contribution in [1.82, 2.24) is 0 Å². The highest BCUT2D eigenvalue weighted by atomic mass is 16.6. The lowest BCUT2D eigenvalue weighted by molar-refractivity contribution is 0.0681. The number of carboxylic acids is 4. The van der Waals surface area contributed by atoms with Crippen LogP contribution in [0.4, 0.5) is 4.79 Å². The van der Waals surface area contributed by atoms with E-state index in [-0.39, 0.29) is 22.3 Å². The molecule has 2 aromatic carbocycles. The van der Waals surface area contributed by atoms with Crippen LogP contribution in [0.5, 0.6) is 0 Å². The maximum atomic E-state index is 10.4. The quantitative estimate of drug-likeness (QED) is 0.443. The molecule has 0 aliphatic carbocycles. The highest BCUT2D eigenvalue weighted by Crippen LogP contribution is 2.05. The summed E-state index contributed by atoms with van der Waals surface area (Å²) in [5, 5.41) is 47.9. The molecule has 0 aliphatic heterocycles. The number of carbonyl (C=O) groups is 5. The van der Waals surface area contributed by atoms with Crippen LogP contribution in [-0.4, -0.2) is 60.7 Å². The van der Waals surface area contributed by atoms with Gasteiger partial charge in [0.15, 0.2) is 0 Å². The highest BCUT2D eigenvalue weighted by molar-refractivity contribution is 5.93. The molecule has 0 spiro atoms. The molecule has 2 aromatic rings. The van der Waals surface area contributed by atoms with Crippen LogP contribution in [0.1, 0.15) is 41.4 Å². The van der Waals surface area contributed by atoms with Gasteiger partial charge >= 0.3 is 30.0 Å². The number of hydrogen-bond acceptors (Lipinski definition) is 5. The maximum absolute atomic E-state index is 10.4. The van der Waals surface area contributed by atoms with Gasteiger partial charge in [0.05, 0.1) is 22.3 Å². The summed E-state index contributed by atoms with van der Waals surface area (Å²) in [5.41, 5.74) is 0.129. The Kier molecular flexibility index (Phi) is 9.48. The Labute approximate surface area is 156 Å². The molecule has 0 saturated heterocycles. The third-order valence-electron chi connectivity index (χ3n) is 2.74. The fourth-order valence-corrected chi connectivity index (χ4v) is 1.54. The molecule has 0 amide bonds. The summed E-state index contributed by atoms with van der Waals surface area (Å²) < 4.78 is 0. The maximum Gasteiger partial charge on any atom is 0.503 e. The number of benzene rings is 2. The molecule has 28 heavy (non-hydrogen) atoms. The second-order valence-corrected chi connectivity index (χ2v) is 4.66. The van der Waals surface area contributed by atoms with Crippen molar-refractivity contribution in [3.8, 4) is 0 Å². The smallest absolute Gasteiger partial charge is 0.478 e. The molecule has 0 radical (unpaired) electrons. The molecule has 11 nitrogen and oxygen atoms in total. The Morgan fingerprint density at radius 1 is 0.464 bits per heavy atom. The zero-order valence-corrected chi connectivity index (χ0v) is 13.8. The predicted molar refractivity (Wildman–Crippen MR) is 91.4 cm³/mol. The standard InChI is InChI=1S/2C8H6O4.CH2O3/c9-7(10)5-1-2-6(4-3-5)8(11)12;9-7(10)5-2-1-3-6(4-5)8(11)12;2-1(3)4/h2*1-4H,(H,9,10)(H,11,12);(H2,2,3,4). The minimum Gasteiger partial charge on any atom is -0.478 e. The van der Waals surface area contributed by atoms with Crippen molar-refractivity contribution in [3.63, 3.8) is 0 Å². The molecule has 0 saturated carbocycles. The zero-order valence-electron chi connectivity index (χ0n) is 13.8. The number of hydrogen-bond donors (Lipinski definition) is 6. The minimum atomic E-state index is -1.83. The molecule has 2 rings (SSSR count). The molecule has 148 valence electrons. The Morgan fingerprint density at radius 2 is 0.714 bits per heavy atom. The summed E-state index contributed by atoms with van der Waals surface area (Å²) in [4.78, 5) is 50.0.